The lowest BCUT2D eigenvalue weighted by atomic mass is 9.96. The molecule has 0 radical (unpaired) electrons. The molecule has 0 bridgehead atoms. The summed E-state index contributed by atoms with van der Waals surface area (Å²) in [5, 5.41) is 1.10. The third kappa shape index (κ3) is 1.85. The summed E-state index contributed by atoms with van der Waals surface area (Å²) in [6.07, 6.45) is 1.16. The molecule has 3 unspecified atom stereocenters. The Kier molecular flexibility index (Phi) is 2.65. The van der Waals surface area contributed by atoms with Crippen molar-refractivity contribution >= 4 is 11.0 Å². The minimum atomic E-state index is -0.167. The Labute approximate surface area is 101 Å². The van der Waals surface area contributed by atoms with Gasteiger partial charge in [-0.1, -0.05) is 25.1 Å². The molecular weight excluding hydrogens is 214 g/mol. The van der Waals surface area contributed by atoms with Crippen LogP contribution >= 0.6 is 0 Å². The molecule has 0 amide bonds. The molecule has 1 aliphatic heterocycles. The van der Waals surface area contributed by atoms with Crippen LogP contribution in [-0.4, -0.2) is 12.7 Å². The van der Waals surface area contributed by atoms with Crippen LogP contribution in [0.2, 0.25) is 0 Å². The summed E-state index contributed by atoms with van der Waals surface area (Å²) in [6, 6.07) is 9.82. The monoisotopic (exact) mass is 231 g/mol. The van der Waals surface area contributed by atoms with Gasteiger partial charge in [0, 0.05) is 12.0 Å². The van der Waals surface area contributed by atoms with Crippen molar-refractivity contribution < 1.29 is 9.15 Å². The molecular formula is C14H17NO2. The van der Waals surface area contributed by atoms with E-state index in [4.69, 9.17) is 14.9 Å². The van der Waals surface area contributed by atoms with E-state index in [0.717, 1.165) is 29.8 Å². The number of furan rings is 1. The molecule has 90 valence electrons. The van der Waals surface area contributed by atoms with Gasteiger partial charge in [0.15, 0.2) is 0 Å². The first-order valence-electron chi connectivity index (χ1n) is 6.11. The van der Waals surface area contributed by atoms with E-state index >= 15 is 0 Å². The Morgan fingerprint density at radius 3 is 2.88 bits per heavy atom. The third-order valence-electron chi connectivity index (χ3n) is 3.57. The Morgan fingerprint density at radius 1 is 1.35 bits per heavy atom. The number of rotatable bonds is 2. The lowest BCUT2D eigenvalue weighted by Crippen LogP contribution is -2.29. The van der Waals surface area contributed by atoms with Crippen molar-refractivity contribution in [2.24, 2.45) is 11.7 Å². The lowest BCUT2D eigenvalue weighted by Gasteiger charge is -2.20. The van der Waals surface area contributed by atoms with E-state index in [-0.39, 0.29) is 12.1 Å². The quantitative estimate of drug-likeness (QED) is 0.864. The summed E-state index contributed by atoms with van der Waals surface area (Å²) >= 11 is 0. The standard InChI is InChI=1S/C14H17NO2/c1-9-6-7-16-14(9)13(15)12-8-10-4-2-3-5-11(10)17-12/h2-5,8-9,13-14H,6-7,15H2,1H3. The van der Waals surface area contributed by atoms with Crippen molar-refractivity contribution in [1.29, 1.82) is 0 Å². The van der Waals surface area contributed by atoms with Gasteiger partial charge in [-0.3, -0.25) is 0 Å². The molecule has 2 heterocycles. The Hall–Kier alpha value is -1.32. The summed E-state index contributed by atoms with van der Waals surface area (Å²) < 4.78 is 11.5. The molecule has 1 saturated heterocycles. The fourth-order valence-corrected chi connectivity index (χ4v) is 2.50. The van der Waals surface area contributed by atoms with Crippen molar-refractivity contribution in [1.82, 2.24) is 0 Å². The second-order valence-corrected chi connectivity index (χ2v) is 4.81. The summed E-state index contributed by atoms with van der Waals surface area (Å²) in [7, 11) is 0. The summed E-state index contributed by atoms with van der Waals surface area (Å²) in [5.74, 6) is 1.32. The second-order valence-electron chi connectivity index (χ2n) is 4.81. The molecule has 0 aliphatic carbocycles. The molecule has 2 N–H and O–H groups in total. The van der Waals surface area contributed by atoms with E-state index in [1.165, 1.54) is 0 Å². The van der Waals surface area contributed by atoms with Crippen LogP contribution in [-0.2, 0) is 4.74 Å². The lowest BCUT2D eigenvalue weighted by molar-refractivity contribution is 0.0668. The highest BCUT2D eigenvalue weighted by Crippen LogP contribution is 2.32. The van der Waals surface area contributed by atoms with Crippen LogP contribution in [0, 0.1) is 5.92 Å². The fraction of sp³-hybridized carbons (Fsp3) is 0.429. The number of hydrogen-bond donors (Lipinski definition) is 1. The molecule has 1 fully saturated rings. The van der Waals surface area contributed by atoms with Crippen molar-refractivity contribution in [2.45, 2.75) is 25.5 Å². The average Bonchev–Trinajstić information content (AvgIpc) is 2.93. The Balaban J connectivity index is 1.92. The van der Waals surface area contributed by atoms with Gasteiger partial charge in [-0.05, 0) is 24.5 Å². The maximum Gasteiger partial charge on any atom is 0.134 e. The average molecular weight is 231 g/mol. The van der Waals surface area contributed by atoms with E-state index in [9.17, 15) is 0 Å². The number of fused-ring (bicyclic) bond motifs is 1. The van der Waals surface area contributed by atoms with Crippen LogP contribution in [0.15, 0.2) is 34.7 Å². The van der Waals surface area contributed by atoms with Gasteiger partial charge in [-0.15, -0.1) is 0 Å². The molecule has 3 rings (SSSR count). The highest BCUT2D eigenvalue weighted by atomic mass is 16.5. The summed E-state index contributed by atoms with van der Waals surface area (Å²) in [4.78, 5) is 0. The van der Waals surface area contributed by atoms with Gasteiger partial charge in [0.2, 0.25) is 0 Å². The summed E-state index contributed by atoms with van der Waals surface area (Å²) in [5.41, 5.74) is 7.13. The zero-order valence-corrected chi connectivity index (χ0v) is 9.93. The molecule has 0 saturated carbocycles. The van der Waals surface area contributed by atoms with E-state index in [2.05, 4.69) is 6.92 Å². The minimum absolute atomic E-state index is 0.0792. The van der Waals surface area contributed by atoms with Crippen LogP contribution in [0.5, 0.6) is 0 Å². The maximum atomic E-state index is 6.24. The third-order valence-corrected chi connectivity index (χ3v) is 3.57. The first kappa shape index (κ1) is 10.8. The van der Waals surface area contributed by atoms with Gasteiger partial charge < -0.3 is 14.9 Å². The number of hydrogen-bond acceptors (Lipinski definition) is 3. The number of para-hydroxylation sites is 1. The van der Waals surface area contributed by atoms with Crippen LogP contribution < -0.4 is 5.73 Å². The topological polar surface area (TPSA) is 48.4 Å². The number of benzene rings is 1. The van der Waals surface area contributed by atoms with E-state index in [1.807, 2.05) is 30.3 Å². The van der Waals surface area contributed by atoms with Crippen molar-refractivity contribution in [3.05, 3.63) is 36.1 Å². The van der Waals surface area contributed by atoms with Crippen molar-refractivity contribution in [3.63, 3.8) is 0 Å². The van der Waals surface area contributed by atoms with E-state index in [1.54, 1.807) is 0 Å². The maximum absolute atomic E-state index is 6.24. The molecule has 2 aromatic rings. The fourth-order valence-electron chi connectivity index (χ4n) is 2.50. The molecule has 3 heteroatoms. The number of nitrogens with two attached hydrogens (primary N) is 1. The molecule has 1 aliphatic rings. The first-order chi connectivity index (χ1) is 8.25. The highest BCUT2D eigenvalue weighted by molar-refractivity contribution is 5.77. The molecule has 3 nitrogen and oxygen atoms in total. The van der Waals surface area contributed by atoms with Gasteiger partial charge >= 0.3 is 0 Å². The second kappa shape index (κ2) is 4.17. The predicted octanol–water partition coefficient (Wildman–Crippen LogP) is 2.86. The van der Waals surface area contributed by atoms with E-state index in [0.29, 0.717) is 5.92 Å². The van der Waals surface area contributed by atoms with Crippen molar-refractivity contribution in [3.8, 4) is 0 Å². The van der Waals surface area contributed by atoms with Gasteiger partial charge in [0.1, 0.15) is 11.3 Å². The van der Waals surface area contributed by atoms with Gasteiger partial charge in [0.05, 0.1) is 12.1 Å². The highest BCUT2D eigenvalue weighted by Gasteiger charge is 2.32. The van der Waals surface area contributed by atoms with Gasteiger partial charge in [-0.25, -0.2) is 0 Å². The van der Waals surface area contributed by atoms with Gasteiger partial charge in [-0.2, -0.15) is 0 Å². The summed E-state index contributed by atoms with van der Waals surface area (Å²) in [6.45, 7) is 2.99. The van der Waals surface area contributed by atoms with Crippen LogP contribution in [0.1, 0.15) is 25.1 Å². The smallest absolute Gasteiger partial charge is 0.134 e. The van der Waals surface area contributed by atoms with Crippen LogP contribution in [0.3, 0.4) is 0 Å². The molecule has 0 spiro atoms. The SMILES string of the molecule is CC1CCOC1C(N)c1cc2ccccc2o1. The molecule has 1 aromatic heterocycles. The largest absolute Gasteiger partial charge is 0.459 e. The van der Waals surface area contributed by atoms with Gasteiger partial charge in [0.25, 0.3) is 0 Å². The zero-order valence-electron chi connectivity index (χ0n) is 9.93. The minimum Gasteiger partial charge on any atom is -0.459 e. The molecule has 17 heavy (non-hydrogen) atoms. The zero-order chi connectivity index (χ0) is 11.8. The van der Waals surface area contributed by atoms with E-state index < -0.39 is 0 Å². The van der Waals surface area contributed by atoms with Crippen molar-refractivity contribution in [2.75, 3.05) is 6.61 Å². The number of ether oxygens (including phenoxy) is 1. The predicted molar refractivity (Wildman–Crippen MR) is 66.7 cm³/mol. The van der Waals surface area contributed by atoms with Crippen LogP contribution in [0.25, 0.3) is 11.0 Å². The normalized spacial score (nSPS) is 26.5. The van der Waals surface area contributed by atoms with Crippen LogP contribution in [0.4, 0.5) is 0 Å². The Morgan fingerprint density at radius 2 is 2.18 bits per heavy atom. The molecule has 3 atom stereocenters. The molecule has 1 aromatic carbocycles. The first-order valence-corrected chi connectivity index (χ1v) is 6.11. The Bertz CT molecular complexity index is 487.